The largest absolute Gasteiger partial charge is 0.317 e. The fraction of sp³-hybridized carbons (Fsp3) is 0.400. The minimum Gasteiger partial charge on any atom is -0.317 e. The van der Waals surface area contributed by atoms with Gasteiger partial charge in [-0.2, -0.15) is 0 Å². The summed E-state index contributed by atoms with van der Waals surface area (Å²) in [4.78, 5) is 12.2. The Hall–Kier alpha value is -2.08. The summed E-state index contributed by atoms with van der Waals surface area (Å²) in [5.41, 5.74) is 0.995. The lowest BCUT2D eigenvalue weighted by Gasteiger charge is -2.22. The van der Waals surface area contributed by atoms with E-state index in [1.807, 2.05) is 0 Å². The average Bonchev–Trinajstić information content (AvgIpc) is 2.98. The highest BCUT2D eigenvalue weighted by Gasteiger charge is 2.18. The van der Waals surface area contributed by atoms with E-state index in [9.17, 15) is 9.18 Å². The normalized spacial score (nSPS) is 16.0. The first-order chi connectivity index (χ1) is 10.2. The third-order valence-electron chi connectivity index (χ3n) is 3.73. The first-order valence-corrected chi connectivity index (χ1v) is 7.12. The topological polar surface area (TPSA) is 59.8 Å². The van der Waals surface area contributed by atoms with E-state index in [0.717, 1.165) is 25.9 Å². The van der Waals surface area contributed by atoms with E-state index in [4.69, 9.17) is 0 Å². The van der Waals surface area contributed by atoms with Crippen LogP contribution >= 0.6 is 0 Å². The number of carbonyl (C=O) groups excluding carboxylic acids is 1. The van der Waals surface area contributed by atoms with Crippen LogP contribution in [0.15, 0.2) is 30.5 Å². The third-order valence-corrected chi connectivity index (χ3v) is 3.73. The van der Waals surface area contributed by atoms with Gasteiger partial charge in [-0.3, -0.25) is 4.79 Å². The molecule has 1 saturated heterocycles. The third kappa shape index (κ3) is 3.33. The van der Waals surface area contributed by atoms with Crippen molar-refractivity contribution in [3.8, 4) is 0 Å². The number of aromatic nitrogens is 3. The summed E-state index contributed by atoms with van der Waals surface area (Å²) in [6.07, 6.45) is 3.82. The second kappa shape index (κ2) is 6.13. The monoisotopic (exact) mass is 288 g/mol. The molecule has 1 aliphatic heterocycles. The van der Waals surface area contributed by atoms with Crippen LogP contribution in [-0.2, 0) is 6.42 Å². The van der Waals surface area contributed by atoms with E-state index in [2.05, 4.69) is 15.6 Å². The Bertz CT molecular complexity index is 634. The Morgan fingerprint density at radius 2 is 2.19 bits per heavy atom. The van der Waals surface area contributed by atoms with Gasteiger partial charge in [-0.25, -0.2) is 9.07 Å². The van der Waals surface area contributed by atoms with Crippen LogP contribution in [0.25, 0.3) is 0 Å². The maximum absolute atomic E-state index is 13.1. The molecule has 2 aromatic rings. The smallest absolute Gasteiger partial charge is 0.189 e. The zero-order valence-electron chi connectivity index (χ0n) is 11.6. The molecule has 0 radical (unpaired) electrons. The molecule has 5 nitrogen and oxygen atoms in total. The summed E-state index contributed by atoms with van der Waals surface area (Å²) in [6, 6.07) is 6.37. The molecule has 0 amide bonds. The molecule has 0 saturated carbocycles. The van der Waals surface area contributed by atoms with Crippen LogP contribution in [0, 0.1) is 5.82 Å². The van der Waals surface area contributed by atoms with Crippen LogP contribution in [0.2, 0.25) is 0 Å². The molecule has 2 heterocycles. The first-order valence-electron chi connectivity index (χ1n) is 7.12. The van der Waals surface area contributed by atoms with Gasteiger partial charge >= 0.3 is 0 Å². The van der Waals surface area contributed by atoms with Crippen LogP contribution in [0.3, 0.4) is 0 Å². The van der Waals surface area contributed by atoms with Crippen molar-refractivity contribution in [2.75, 3.05) is 13.1 Å². The molecule has 1 aromatic carbocycles. The molecule has 1 fully saturated rings. The van der Waals surface area contributed by atoms with Gasteiger partial charge in [-0.15, -0.1) is 5.10 Å². The van der Waals surface area contributed by atoms with Crippen LogP contribution in [0.5, 0.6) is 0 Å². The van der Waals surface area contributed by atoms with Gasteiger partial charge in [0.05, 0.1) is 12.2 Å². The van der Waals surface area contributed by atoms with Gasteiger partial charge in [0, 0.05) is 6.42 Å². The Balaban J connectivity index is 1.69. The lowest BCUT2D eigenvalue weighted by Crippen LogP contribution is -2.29. The molecule has 0 aliphatic carbocycles. The Kier molecular flexibility index (Phi) is 4.06. The highest BCUT2D eigenvalue weighted by atomic mass is 19.1. The Morgan fingerprint density at radius 3 is 2.95 bits per heavy atom. The second-order valence-electron chi connectivity index (χ2n) is 5.29. The van der Waals surface area contributed by atoms with Gasteiger partial charge < -0.3 is 5.32 Å². The predicted molar refractivity (Wildman–Crippen MR) is 75.6 cm³/mol. The van der Waals surface area contributed by atoms with Crippen LogP contribution in [0.4, 0.5) is 4.39 Å². The summed E-state index contributed by atoms with van der Waals surface area (Å²) in [5, 5.41) is 11.3. The zero-order valence-corrected chi connectivity index (χ0v) is 11.6. The standard InChI is InChI=1S/C15H17FN4O/c16-12-3-1-2-11(8-12)9-15(21)14-10-20(19-18-14)13-4-6-17-7-5-13/h1-3,8,10,13,17H,4-7,9H2. The molecular formula is C15H17FN4O. The molecule has 110 valence electrons. The number of ketones is 1. The molecule has 21 heavy (non-hydrogen) atoms. The molecule has 1 aliphatic rings. The predicted octanol–water partition coefficient (Wildman–Crippen LogP) is 1.77. The van der Waals surface area contributed by atoms with Crippen molar-refractivity contribution in [2.45, 2.75) is 25.3 Å². The molecule has 0 bridgehead atoms. The summed E-state index contributed by atoms with van der Waals surface area (Å²) < 4.78 is 14.9. The highest BCUT2D eigenvalue weighted by Crippen LogP contribution is 2.17. The fourth-order valence-corrected chi connectivity index (χ4v) is 2.58. The van der Waals surface area contributed by atoms with Gasteiger partial charge in [-0.05, 0) is 43.6 Å². The molecule has 1 aromatic heterocycles. The first kappa shape index (κ1) is 13.9. The maximum Gasteiger partial charge on any atom is 0.189 e. The van der Waals surface area contributed by atoms with Crippen molar-refractivity contribution >= 4 is 5.78 Å². The summed E-state index contributed by atoms with van der Waals surface area (Å²) >= 11 is 0. The number of piperidine rings is 1. The number of hydrogen-bond acceptors (Lipinski definition) is 4. The van der Waals surface area contributed by atoms with Crippen LogP contribution < -0.4 is 5.32 Å². The molecule has 0 atom stereocenters. The number of Topliss-reactive ketones (excluding diaryl/α,β-unsaturated/α-hetero) is 1. The second-order valence-corrected chi connectivity index (χ2v) is 5.29. The quantitative estimate of drug-likeness (QED) is 0.871. The van der Waals surface area contributed by atoms with Crippen molar-refractivity contribution in [1.82, 2.24) is 20.3 Å². The number of nitrogens with one attached hydrogen (secondary N) is 1. The van der Waals surface area contributed by atoms with Gasteiger partial charge in [-0.1, -0.05) is 17.3 Å². The van der Waals surface area contributed by atoms with Gasteiger partial charge in [0.1, 0.15) is 11.5 Å². The number of rotatable bonds is 4. The molecule has 6 heteroatoms. The molecule has 1 N–H and O–H groups in total. The fourth-order valence-electron chi connectivity index (χ4n) is 2.58. The zero-order chi connectivity index (χ0) is 14.7. The molecule has 3 rings (SSSR count). The van der Waals surface area contributed by atoms with E-state index >= 15 is 0 Å². The van der Waals surface area contributed by atoms with E-state index in [1.165, 1.54) is 12.1 Å². The van der Waals surface area contributed by atoms with Crippen LogP contribution in [0.1, 0.15) is 34.9 Å². The summed E-state index contributed by atoms with van der Waals surface area (Å²) in [6.45, 7) is 1.91. The number of benzene rings is 1. The average molecular weight is 288 g/mol. The van der Waals surface area contributed by atoms with Gasteiger partial charge in [0.2, 0.25) is 0 Å². The van der Waals surface area contributed by atoms with Crippen molar-refractivity contribution in [2.24, 2.45) is 0 Å². The number of hydrogen-bond donors (Lipinski definition) is 1. The summed E-state index contributed by atoms with van der Waals surface area (Å²) in [7, 11) is 0. The van der Waals surface area contributed by atoms with Crippen molar-refractivity contribution in [1.29, 1.82) is 0 Å². The lowest BCUT2D eigenvalue weighted by atomic mass is 10.1. The Labute approximate surface area is 122 Å². The maximum atomic E-state index is 13.1. The molecular weight excluding hydrogens is 271 g/mol. The van der Waals surface area contributed by atoms with Gasteiger partial charge in [0.15, 0.2) is 5.78 Å². The Morgan fingerprint density at radius 1 is 1.38 bits per heavy atom. The molecule has 0 spiro atoms. The number of halogens is 1. The van der Waals surface area contributed by atoms with E-state index in [1.54, 1.807) is 23.0 Å². The number of carbonyl (C=O) groups is 1. The van der Waals surface area contributed by atoms with Crippen molar-refractivity contribution in [3.63, 3.8) is 0 Å². The minimum atomic E-state index is -0.335. The SMILES string of the molecule is O=C(Cc1cccc(F)c1)c1cn(C2CCNCC2)nn1. The van der Waals surface area contributed by atoms with E-state index in [-0.39, 0.29) is 18.0 Å². The highest BCUT2D eigenvalue weighted by molar-refractivity contribution is 5.95. The van der Waals surface area contributed by atoms with E-state index in [0.29, 0.717) is 17.3 Å². The van der Waals surface area contributed by atoms with Crippen LogP contribution in [-0.4, -0.2) is 33.9 Å². The molecule has 0 unspecified atom stereocenters. The lowest BCUT2D eigenvalue weighted by molar-refractivity contribution is 0.0988. The number of nitrogens with zero attached hydrogens (tertiary/aromatic N) is 3. The van der Waals surface area contributed by atoms with Crippen molar-refractivity contribution < 1.29 is 9.18 Å². The van der Waals surface area contributed by atoms with Crippen molar-refractivity contribution in [3.05, 3.63) is 47.5 Å². The minimum absolute atomic E-state index is 0.138. The summed E-state index contributed by atoms with van der Waals surface area (Å²) in [5.74, 6) is -0.473. The van der Waals surface area contributed by atoms with E-state index < -0.39 is 0 Å². The van der Waals surface area contributed by atoms with Gasteiger partial charge in [0.25, 0.3) is 0 Å².